The minimum Gasteiger partial charge on any atom is -0.348 e. The van der Waals surface area contributed by atoms with E-state index in [4.69, 9.17) is 11.6 Å². The highest BCUT2D eigenvalue weighted by atomic mass is 35.5. The van der Waals surface area contributed by atoms with Gasteiger partial charge < -0.3 is 10.6 Å². The summed E-state index contributed by atoms with van der Waals surface area (Å²) in [6, 6.07) is 5.85. The molecule has 1 fully saturated rings. The zero-order chi connectivity index (χ0) is 17.0. The Morgan fingerprint density at radius 2 is 2.17 bits per heavy atom. The van der Waals surface area contributed by atoms with E-state index in [1.165, 1.54) is 0 Å². The predicted octanol–water partition coefficient (Wildman–Crippen LogP) is 2.24. The van der Waals surface area contributed by atoms with Crippen LogP contribution in [-0.2, 0) is 9.59 Å². The smallest absolute Gasteiger partial charge is 0.325 e. The average molecular weight is 338 g/mol. The van der Waals surface area contributed by atoms with Crippen LogP contribution in [0.2, 0.25) is 5.02 Å². The molecule has 1 heterocycles. The lowest BCUT2D eigenvalue weighted by Crippen LogP contribution is -2.41. The quantitative estimate of drug-likeness (QED) is 0.781. The van der Waals surface area contributed by atoms with Gasteiger partial charge in [-0.3, -0.25) is 14.5 Å². The summed E-state index contributed by atoms with van der Waals surface area (Å²) in [6.45, 7) is 3.46. The molecule has 1 aliphatic rings. The highest BCUT2D eigenvalue weighted by molar-refractivity contribution is 6.30. The summed E-state index contributed by atoms with van der Waals surface area (Å²) in [5.74, 6) is -0.736. The molecule has 23 heavy (non-hydrogen) atoms. The Labute approximate surface area is 140 Å². The van der Waals surface area contributed by atoms with Crippen molar-refractivity contribution in [1.29, 1.82) is 0 Å². The van der Waals surface area contributed by atoms with Crippen LogP contribution in [0.15, 0.2) is 24.3 Å². The van der Waals surface area contributed by atoms with Crippen molar-refractivity contribution in [2.45, 2.75) is 38.8 Å². The number of carbonyl (C=O) groups excluding carboxylic acids is 3. The van der Waals surface area contributed by atoms with Crippen molar-refractivity contribution < 1.29 is 14.4 Å². The number of nitrogens with zero attached hydrogens (tertiary/aromatic N) is 1. The van der Waals surface area contributed by atoms with Crippen molar-refractivity contribution >= 4 is 29.4 Å². The van der Waals surface area contributed by atoms with Gasteiger partial charge >= 0.3 is 6.03 Å². The van der Waals surface area contributed by atoms with Gasteiger partial charge in [-0.2, -0.15) is 0 Å². The third-order valence-corrected chi connectivity index (χ3v) is 3.95. The first-order chi connectivity index (χ1) is 10.9. The van der Waals surface area contributed by atoms with E-state index >= 15 is 0 Å². The fourth-order valence-corrected chi connectivity index (χ4v) is 2.70. The number of carbonyl (C=O) groups is 3. The summed E-state index contributed by atoms with van der Waals surface area (Å²) in [5, 5.41) is 5.94. The van der Waals surface area contributed by atoms with Gasteiger partial charge in [-0.15, -0.1) is 0 Å². The first kappa shape index (κ1) is 17.3. The molecule has 1 saturated heterocycles. The molecule has 2 atom stereocenters. The maximum atomic E-state index is 12.1. The molecule has 1 aromatic carbocycles. The van der Waals surface area contributed by atoms with Gasteiger partial charge in [-0.05, 0) is 31.0 Å². The van der Waals surface area contributed by atoms with Crippen molar-refractivity contribution in [2.75, 3.05) is 6.54 Å². The first-order valence-electron chi connectivity index (χ1n) is 7.59. The van der Waals surface area contributed by atoms with E-state index in [0.29, 0.717) is 11.4 Å². The average Bonchev–Trinajstić information content (AvgIpc) is 2.75. The molecule has 124 valence electrons. The summed E-state index contributed by atoms with van der Waals surface area (Å²) >= 11 is 5.93. The van der Waals surface area contributed by atoms with E-state index in [1.54, 1.807) is 18.2 Å². The second kappa shape index (κ2) is 7.46. The minimum absolute atomic E-state index is 0.270. The van der Waals surface area contributed by atoms with E-state index in [-0.39, 0.29) is 18.5 Å². The number of urea groups is 1. The number of rotatable bonds is 6. The normalized spacial score (nSPS) is 18.7. The monoisotopic (exact) mass is 337 g/mol. The number of hydrogen-bond acceptors (Lipinski definition) is 3. The van der Waals surface area contributed by atoms with Gasteiger partial charge in [0.1, 0.15) is 12.6 Å². The fraction of sp³-hybridized carbons (Fsp3) is 0.438. The van der Waals surface area contributed by atoms with Crippen molar-refractivity contribution in [3.8, 4) is 0 Å². The molecule has 6 nitrogen and oxygen atoms in total. The van der Waals surface area contributed by atoms with Crippen LogP contribution in [0.3, 0.4) is 0 Å². The minimum atomic E-state index is -0.523. The maximum Gasteiger partial charge on any atom is 0.325 e. The number of amides is 4. The number of imide groups is 1. The van der Waals surface area contributed by atoms with Gasteiger partial charge in [-0.1, -0.05) is 37.1 Å². The molecule has 2 rings (SSSR count). The fourth-order valence-electron chi connectivity index (χ4n) is 2.50. The van der Waals surface area contributed by atoms with Crippen LogP contribution in [0.1, 0.15) is 38.3 Å². The number of halogens is 1. The molecule has 1 aromatic rings. The van der Waals surface area contributed by atoms with E-state index in [1.807, 2.05) is 19.9 Å². The van der Waals surface area contributed by atoms with E-state index < -0.39 is 18.0 Å². The molecular formula is C16H20ClN3O3. The molecule has 0 saturated carbocycles. The van der Waals surface area contributed by atoms with Gasteiger partial charge in [0.05, 0.1) is 6.04 Å². The van der Waals surface area contributed by atoms with Crippen LogP contribution >= 0.6 is 11.6 Å². The Kier molecular flexibility index (Phi) is 5.60. The highest BCUT2D eigenvalue weighted by Crippen LogP contribution is 2.17. The lowest BCUT2D eigenvalue weighted by Gasteiger charge is -2.17. The van der Waals surface area contributed by atoms with Crippen LogP contribution in [0.4, 0.5) is 4.79 Å². The summed E-state index contributed by atoms with van der Waals surface area (Å²) in [6.07, 6.45) is 1.35. The summed E-state index contributed by atoms with van der Waals surface area (Å²) < 4.78 is 0. The Hall–Kier alpha value is -2.08. The van der Waals surface area contributed by atoms with Crippen LogP contribution in [0.25, 0.3) is 0 Å². The van der Waals surface area contributed by atoms with Gasteiger partial charge in [0.2, 0.25) is 5.91 Å². The molecule has 0 spiro atoms. The second-order valence-electron chi connectivity index (χ2n) is 5.56. The first-order valence-corrected chi connectivity index (χ1v) is 7.97. The molecule has 0 aromatic heterocycles. The number of hydrogen-bond donors (Lipinski definition) is 2. The van der Waals surface area contributed by atoms with Crippen molar-refractivity contribution in [1.82, 2.24) is 15.5 Å². The molecule has 0 radical (unpaired) electrons. The van der Waals surface area contributed by atoms with Crippen molar-refractivity contribution in [3.05, 3.63) is 34.9 Å². The number of nitrogens with one attached hydrogen (secondary N) is 2. The zero-order valence-electron chi connectivity index (χ0n) is 13.1. The third-order valence-electron chi connectivity index (χ3n) is 3.71. The van der Waals surface area contributed by atoms with E-state index in [2.05, 4.69) is 10.6 Å². The van der Waals surface area contributed by atoms with E-state index in [0.717, 1.165) is 16.9 Å². The predicted molar refractivity (Wildman–Crippen MR) is 87.0 cm³/mol. The Bertz CT molecular complexity index is 620. The molecule has 2 unspecified atom stereocenters. The summed E-state index contributed by atoms with van der Waals surface area (Å²) in [5.41, 5.74) is 0.854. The number of benzene rings is 1. The molecule has 2 N–H and O–H groups in total. The van der Waals surface area contributed by atoms with Gasteiger partial charge in [0, 0.05) is 5.02 Å². The highest BCUT2D eigenvalue weighted by Gasteiger charge is 2.38. The third kappa shape index (κ3) is 4.22. The summed E-state index contributed by atoms with van der Waals surface area (Å²) in [4.78, 5) is 37.0. The van der Waals surface area contributed by atoms with E-state index in [9.17, 15) is 14.4 Å². The van der Waals surface area contributed by atoms with Crippen LogP contribution < -0.4 is 10.6 Å². The summed E-state index contributed by atoms with van der Waals surface area (Å²) in [7, 11) is 0. The lowest BCUT2D eigenvalue weighted by atomic mass is 10.1. The van der Waals surface area contributed by atoms with Gasteiger partial charge in [-0.25, -0.2) is 4.79 Å². The molecular weight excluding hydrogens is 318 g/mol. The van der Waals surface area contributed by atoms with Gasteiger partial charge in [0.15, 0.2) is 0 Å². The lowest BCUT2D eigenvalue weighted by molar-refractivity contribution is -0.132. The van der Waals surface area contributed by atoms with Crippen molar-refractivity contribution in [2.24, 2.45) is 0 Å². The molecule has 0 aliphatic carbocycles. The largest absolute Gasteiger partial charge is 0.348 e. The maximum absolute atomic E-state index is 12.1. The topological polar surface area (TPSA) is 78.5 Å². The molecule has 0 bridgehead atoms. The van der Waals surface area contributed by atoms with Crippen molar-refractivity contribution in [3.63, 3.8) is 0 Å². The Morgan fingerprint density at radius 1 is 1.43 bits per heavy atom. The SMILES string of the molecule is CCCC1NC(=O)N(CC(=O)NC(C)c2cccc(Cl)c2)C1=O. The van der Waals surface area contributed by atoms with Crippen LogP contribution in [-0.4, -0.2) is 35.3 Å². The Morgan fingerprint density at radius 3 is 2.83 bits per heavy atom. The van der Waals surface area contributed by atoms with Crippen LogP contribution in [0, 0.1) is 0 Å². The standard InChI is InChI=1S/C16H20ClN3O3/c1-3-5-13-15(22)20(16(23)19-13)9-14(21)18-10(2)11-6-4-7-12(17)8-11/h4,6-8,10,13H,3,5,9H2,1-2H3,(H,18,21)(H,19,23). The van der Waals surface area contributed by atoms with Gasteiger partial charge in [0.25, 0.3) is 5.91 Å². The molecule has 4 amide bonds. The molecule has 1 aliphatic heterocycles. The Balaban J connectivity index is 1.94. The second-order valence-corrected chi connectivity index (χ2v) is 6.00. The molecule has 7 heteroatoms. The zero-order valence-corrected chi connectivity index (χ0v) is 13.9. The van der Waals surface area contributed by atoms with Crippen LogP contribution in [0.5, 0.6) is 0 Å².